The van der Waals surface area contributed by atoms with Crippen molar-refractivity contribution < 1.29 is 9.18 Å². The number of alkyl halides is 1. The van der Waals surface area contributed by atoms with Crippen LogP contribution in [0, 0.1) is 11.8 Å². The number of carbonyl (C=O) groups excluding carboxylic acids is 1. The molecule has 10 nitrogen and oxygen atoms in total. The van der Waals surface area contributed by atoms with Gasteiger partial charge in [-0.05, 0) is 18.9 Å². The first-order chi connectivity index (χ1) is 12.5. The topological polar surface area (TPSA) is 122 Å². The van der Waals surface area contributed by atoms with Crippen molar-refractivity contribution in [1.29, 1.82) is 0 Å². The number of fused-ring (bicyclic) bond motifs is 1. The minimum absolute atomic E-state index is 0.0316. The molecule has 8 N–H and O–H groups in total. The maximum atomic E-state index is 13.6. The number of likely N-dealkylation sites (N-methyl/N-ethyl adjacent to an activating group) is 1. The molecule has 0 aromatic heterocycles. The van der Waals surface area contributed by atoms with Crippen LogP contribution in [-0.4, -0.2) is 86.3 Å². The van der Waals surface area contributed by atoms with Crippen molar-refractivity contribution in [2.24, 2.45) is 17.6 Å². The molecule has 0 aromatic carbocycles. The molecule has 0 aliphatic carbocycles. The van der Waals surface area contributed by atoms with Gasteiger partial charge >= 0.3 is 0 Å². The molecule has 0 bridgehead atoms. The molecule has 0 radical (unpaired) electrons. The Morgan fingerprint density at radius 2 is 2.15 bits per heavy atom. The number of halogens is 1. The predicted molar refractivity (Wildman–Crippen MR) is 93.6 cm³/mol. The summed E-state index contributed by atoms with van der Waals surface area (Å²) in [7, 11) is 2.01. The molecule has 4 aliphatic heterocycles. The minimum Gasteiger partial charge on any atom is -0.351 e. The Balaban J connectivity index is 1.42. The Labute approximate surface area is 152 Å². The molecule has 4 heterocycles. The molecule has 4 fully saturated rings. The average Bonchev–Trinajstić information content (AvgIpc) is 3.17. The Hall–Kier alpha value is -0.920. The van der Waals surface area contributed by atoms with Gasteiger partial charge in [-0.15, -0.1) is 0 Å². The summed E-state index contributed by atoms with van der Waals surface area (Å²) in [5.41, 5.74) is 15.5. The lowest BCUT2D eigenvalue weighted by atomic mass is 9.85. The van der Waals surface area contributed by atoms with Crippen molar-refractivity contribution in [2.45, 2.75) is 37.0 Å². The van der Waals surface area contributed by atoms with Crippen molar-refractivity contribution >= 4 is 5.91 Å². The zero-order chi connectivity index (χ0) is 18.3. The molecule has 4 saturated heterocycles. The number of piperidine rings is 1. The highest BCUT2D eigenvalue weighted by atomic mass is 19.1. The summed E-state index contributed by atoms with van der Waals surface area (Å²) in [5, 5.41) is 13.5. The largest absolute Gasteiger partial charge is 0.351 e. The third kappa shape index (κ3) is 3.45. The smallest absolute Gasteiger partial charge is 0.229 e. The molecule has 0 saturated carbocycles. The van der Waals surface area contributed by atoms with E-state index in [9.17, 15) is 9.18 Å². The van der Waals surface area contributed by atoms with E-state index in [0.717, 1.165) is 26.1 Å². The second kappa shape index (κ2) is 7.60. The molecule has 0 aromatic rings. The Bertz CT molecular complexity index is 525. The maximum absolute atomic E-state index is 13.6. The van der Waals surface area contributed by atoms with Crippen LogP contribution in [0.15, 0.2) is 0 Å². The summed E-state index contributed by atoms with van der Waals surface area (Å²) < 4.78 is 13.6. The van der Waals surface area contributed by atoms with Crippen molar-refractivity contribution in [2.75, 3.05) is 39.8 Å². The van der Waals surface area contributed by atoms with Gasteiger partial charge in [0.15, 0.2) is 0 Å². The van der Waals surface area contributed by atoms with Gasteiger partial charge in [-0.25, -0.2) is 25.3 Å². The average molecular weight is 371 g/mol. The molecule has 11 heteroatoms. The first kappa shape index (κ1) is 18.4. The number of nitrogens with zero attached hydrogens (tertiary/aromatic N) is 2. The summed E-state index contributed by atoms with van der Waals surface area (Å²) in [6.45, 7) is 3.02. The van der Waals surface area contributed by atoms with Crippen molar-refractivity contribution in [3.63, 3.8) is 0 Å². The first-order valence-corrected chi connectivity index (χ1v) is 9.43. The Morgan fingerprint density at radius 1 is 1.31 bits per heavy atom. The summed E-state index contributed by atoms with van der Waals surface area (Å²) in [5.74, 6) is -0.200. The Morgan fingerprint density at radius 3 is 2.92 bits per heavy atom. The van der Waals surface area contributed by atoms with Gasteiger partial charge < -0.3 is 16.4 Å². The third-order valence-electron chi connectivity index (χ3n) is 6.05. The van der Waals surface area contributed by atoms with Crippen LogP contribution < -0.4 is 38.1 Å². The molecule has 4 rings (SSSR count). The highest BCUT2D eigenvalue weighted by molar-refractivity contribution is 5.80. The van der Waals surface area contributed by atoms with Crippen LogP contribution in [0.4, 0.5) is 4.39 Å². The number of hydrazine groups is 3. The van der Waals surface area contributed by atoms with E-state index in [-0.39, 0.29) is 31.2 Å². The molecule has 0 spiro atoms. The SMILES string of the molecule is CN1NNCC1C1CCNCC1NC(=O)C1C(N)NN2CC(F)CNC12. The van der Waals surface area contributed by atoms with Crippen LogP contribution in [0.3, 0.4) is 0 Å². The van der Waals surface area contributed by atoms with Crippen LogP contribution in [0.25, 0.3) is 0 Å². The van der Waals surface area contributed by atoms with Crippen LogP contribution in [0.5, 0.6) is 0 Å². The molecule has 26 heavy (non-hydrogen) atoms. The van der Waals surface area contributed by atoms with Gasteiger partial charge in [0.25, 0.3) is 0 Å². The normalized spacial score (nSPS) is 44.8. The predicted octanol–water partition coefficient (Wildman–Crippen LogP) is -3.61. The monoisotopic (exact) mass is 371 g/mol. The lowest BCUT2D eigenvalue weighted by Gasteiger charge is -2.39. The van der Waals surface area contributed by atoms with Gasteiger partial charge in [-0.1, -0.05) is 0 Å². The van der Waals surface area contributed by atoms with E-state index in [1.807, 2.05) is 7.05 Å². The maximum Gasteiger partial charge on any atom is 0.229 e. The lowest BCUT2D eigenvalue weighted by molar-refractivity contribution is -0.128. The number of nitrogens with two attached hydrogens (primary N) is 1. The van der Waals surface area contributed by atoms with Crippen LogP contribution in [-0.2, 0) is 4.79 Å². The summed E-state index contributed by atoms with van der Waals surface area (Å²) in [6.07, 6.45) is -0.761. The standard InChI is InChI=1S/C15H30FN9O/c1-24-11(6-20-23-24)9-2-3-18-5-10(9)21-15(26)12-13(17)22-25-7-8(16)4-19-14(12)25/h8-14,18-20,22-23H,2-7,17H2,1H3,(H,21,26). The summed E-state index contributed by atoms with van der Waals surface area (Å²) in [6, 6.07) is 0.346. The number of carbonyl (C=O) groups is 1. The number of nitrogens with one attached hydrogen (secondary N) is 6. The van der Waals surface area contributed by atoms with Gasteiger partial charge in [0.2, 0.25) is 5.91 Å². The van der Waals surface area contributed by atoms with Gasteiger partial charge in [-0.2, -0.15) is 5.53 Å². The van der Waals surface area contributed by atoms with Crippen molar-refractivity contribution in [3.05, 3.63) is 0 Å². The zero-order valence-electron chi connectivity index (χ0n) is 15.0. The minimum atomic E-state index is -0.961. The fourth-order valence-corrected chi connectivity index (χ4v) is 4.69. The fourth-order valence-electron chi connectivity index (χ4n) is 4.69. The van der Waals surface area contributed by atoms with E-state index in [0.29, 0.717) is 12.0 Å². The lowest BCUT2D eigenvalue weighted by Crippen LogP contribution is -2.61. The summed E-state index contributed by atoms with van der Waals surface area (Å²) in [4.78, 5) is 13.0. The van der Waals surface area contributed by atoms with Gasteiger partial charge in [-0.3, -0.25) is 10.1 Å². The number of hydrogen-bond acceptors (Lipinski definition) is 9. The third-order valence-corrected chi connectivity index (χ3v) is 6.05. The second-order valence-corrected chi connectivity index (χ2v) is 7.73. The summed E-state index contributed by atoms with van der Waals surface area (Å²) >= 11 is 0. The van der Waals surface area contributed by atoms with Crippen LogP contribution in [0.2, 0.25) is 0 Å². The van der Waals surface area contributed by atoms with Crippen LogP contribution in [0.1, 0.15) is 6.42 Å². The highest BCUT2D eigenvalue weighted by Crippen LogP contribution is 2.25. The molecule has 148 valence electrons. The highest BCUT2D eigenvalue weighted by Gasteiger charge is 2.48. The molecule has 7 atom stereocenters. The van der Waals surface area contributed by atoms with E-state index in [1.54, 1.807) is 5.01 Å². The van der Waals surface area contributed by atoms with Crippen molar-refractivity contribution in [3.8, 4) is 0 Å². The van der Waals surface area contributed by atoms with Gasteiger partial charge in [0, 0.05) is 45.3 Å². The van der Waals surface area contributed by atoms with E-state index >= 15 is 0 Å². The molecule has 1 amide bonds. The van der Waals surface area contributed by atoms with E-state index in [2.05, 4.69) is 37.3 Å². The van der Waals surface area contributed by atoms with Gasteiger partial charge in [0.05, 0.1) is 18.2 Å². The number of hydrogen-bond donors (Lipinski definition) is 7. The van der Waals surface area contributed by atoms with E-state index in [1.165, 1.54) is 0 Å². The molecule has 4 aliphatic rings. The van der Waals surface area contributed by atoms with Crippen LogP contribution >= 0.6 is 0 Å². The molecular formula is C15H30FN9O. The number of rotatable bonds is 3. The van der Waals surface area contributed by atoms with E-state index < -0.39 is 18.3 Å². The van der Waals surface area contributed by atoms with Crippen molar-refractivity contribution in [1.82, 2.24) is 42.4 Å². The zero-order valence-corrected chi connectivity index (χ0v) is 15.0. The Kier molecular flexibility index (Phi) is 5.39. The molecule has 7 unspecified atom stereocenters. The van der Waals surface area contributed by atoms with E-state index in [4.69, 9.17) is 5.73 Å². The number of amides is 1. The fraction of sp³-hybridized carbons (Fsp3) is 0.933. The molecular weight excluding hydrogens is 341 g/mol. The second-order valence-electron chi connectivity index (χ2n) is 7.73. The quantitative estimate of drug-likeness (QED) is 0.270. The first-order valence-electron chi connectivity index (χ1n) is 9.43. The van der Waals surface area contributed by atoms with Gasteiger partial charge in [0.1, 0.15) is 6.17 Å².